The molecule has 1 aromatic carbocycles. The van der Waals surface area contributed by atoms with Crippen molar-refractivity contribution < 1.29 is 0 Å². The summed E-state index contributed by atoms with van der Waals surface area (Å²) in [6.07, 6.45) is 4.35. The van der Waals surface area contributed by atoms with Crippen molar-refractivity contribution >= 4 is 18.1 Å². The average Bonchev–Trinajstić information content (AvgIpc) is 2.93. The molecule has 0 bridgehead atoms. The van der Waals surface area contributed by atoms with Crippen molar-refractivity contribution in [1.29, 1.82) is 0 Å². The number of aromatic amines is 1. The molecule has 0 atom stereocenters. The molecule has 2 heterocycles. The average molecular weight is 260 g/mol. The number of aromatic nitrogens is 3. The van der Waals surface area contributed by atoms with Gasteiger partial charge < -0.3 is 4.98 Å². The predicted octanol–water partition coefficient (Wildman–Crippen LogP) is 2.02. The Bertz CT molecular complexity index is 803. The Morgan fingerprint density at radius 3 is 3.00 bits per heavy atom. The van der Waals surface area contributed by atoms with Crippen LogP contribution in [0.4, 0.5) is 0 Å². The van der Waals surface area contributed by atoms with Gasteiger partial charge in [-0.1, -0.05) is 24.3 Å². The molecule has 0 amide bonds. The zero-order chi connectivity index (χ0) is 11.4. The fraction of sp³-hybridized carbons (Fsp3) is 0.0769. The Morgan fingerprint density at radius 2 is 2.11 bits per heavy atom. The first kappa shape index (κ1) is 11.0. The highest BCUT2D eigenvalue weighted by atomic mass is 35.5. The van der Waals surface area contributed by atoms with Crippen LogP contribution >= 0.6 is 12.4 Å². The number of nitrogens with zero attached hydrogens (tertiary/aromatic N) is 2. The first-order chi connectivity index (χ1) is 8.34. The van der Waals surface area contributed by atoms with Crippen molar-refractivity contribution in [3.8, 4) is 11.3 Å². The normalized spacial score (nSPS) is 12.0. The van der Waals surface area contributed by atoms with Gasteiger partial charge in [-0.25, -0.2) is 4.98 Å². The van der Waals surface area contributed by atoms with Crippen molar-refractivity contribution in [3.63, 3.8) is 0 Å². The quantitative estimate of drug-likeness (QED) is 0.525. The van der Waals surface area contributed by atoms with Gasteiger partial charge in [0.15, 0.2) is 0 Å². The summed E-state index contributed by atoms with van der Waals surface area (Å²) in [5, 5.41) is 0. The molecule has 0 radical (unpaired) electrons. The lowest BCUT2D eigenvalue weighted by Gasteiger charge is -2.02. The minimum atomic E-state index is -0.134. The minimum Gasteiger partial charge on any atom is -0.317 e. The maximum absolute atomic E-state index is 11.9. The largest absolute Gasteiger partial charge is 0.317 e. The smallest absolute Gasteiger partial charge is 0.292 e. The number of rotatable bonds is 0. The highest BCUT2D eigenvalue weighted by molar-refractivity contribution is 5.85. The fourth-order valence-corrected chi connectivity index (χ4v) is 2.55. The number of imidazole rings is 1. The molecule has 0 saturated carbocycles. The van der Waals surface area contributed by atoms with Gasteiger partial charge in [0.25, 0.3) is 5.56 Å². The summed E-state index contributed by atoms with van der Waals surface area (Å²) in [6, 6.07) is 8.15. The summed E-state index contributed by atoms with van der Waals surface area (Å²) in [7, 11) is 0. The number of halogens is 1. The molecular weight excluding hydrogens is 250 g/mol. The zero-order valence-electron chi connectivity index (χ0n) is 9.38. The van der Waals surface area contributed by atoms with Crippen molar-refractivity contribution in [2.24, 2.45) is 0 Å². The molecule has 0 fully saturated rings. The monoisotopic (exact) mass is 259 g/mol. The van der Waals surface area contributed by atoms with E-state index in [1.54, 1.807) is 6.20 Å². The van der Waals surface area contributed by atoms with Crippen molar-refractivity contribution in [3.05, 3.63) is 58.3 Å². The van der Waals surface area contributed by atoms with Crippen LogP contribution in [0.15, 0.2) is 41.5 Å². The van der Waals surface area contributed by atoms with Crippen LogP contribution in [-0.4, -0.2) is 14.4 Å². The summed E-state index contributed by atoms with van der Waals surface area (Å²) in [5.74, 6) is 0. The van der Waals surface area contributed by atoms with E-state index >= 15 is 0 Å². The third kappa shape index (κ3) is 1.26. The lowest BCUT2D eigenvalue weighted by Crippen LogP contribution is -2.13. The fourth-order valence-electron chi connectivity index (χ4n) is 2.55. The van der Waals surface area contributed by atoms with Crippen molar-refractivity contribution in [2.75, 3.05) is 0 Å². The molecule has 1 aliphatic rings. The van der Waals surface area contributed by atoms with Crippen LogP contribution in [0.25, 0.3) is 16.9 Å². The van der Waals surface area contributed by atoms with E-state index < -0.39 is 0 Å². The standard InChI is InChI=1S/C13H9N3O.ClH/c17-13-12-14-5-6-16(12)10-7-8-3-1-2-4-9(8)11(10)15-13;/h1-6H,7H2,(H,15,17);1H. The lowest BCUT2D eigenvalue weighted by molar-refractivity contribution is 1.00. The van der Waals surface area contributed by atoms with Crippen LogP contribution in [0.5, 0.6) is 0 Å². The second-order valence-electron chi connectivity index (χ2n) is 4.23. The van der Waals surface area contributed by atoms with Gasteiger partial charge in [-0.3, -0.25) is 9.20 Å². The second kappa shape index (κ2) is 3.71. The Hall–Kier alpha value is -2.07. The van der Waals surface area contributed by atoms with Crippen molar-refractivity contribution in [2.45, 2.75) is 6.42 Å². The third-order valence-corrected chi connectivity index (χ3v) is 3.31. The van der Waals surface area contributed by atoms with Gasteiger partial charge in [-0.05, 0) is 5.56 Å². The van der Waals surface area contributed by atoms with Crippen LogP contribution < -0.4 is 5.56 Å². The van der Waals surface area contributed by atoms with E-state index in [1.807, 2.05) is 28.8 Å². The number of fused-ring (bicyclic) bond motifs is 5. The SMILES string of the molecule is Cl.O=c1[nH]c2c(n3ccnc13)Cc1ccccc1-2. The first-order valence-corrected chi connectivity index (χ1v) is 5.51. The topological polar surface area (TPSA) is 50.2 Å². The summed E-state index contributed by atoms with van der Waals surface area (Å²) >= 11 is 0. The first-order valence-electron chi connectivity index (χ1n) is 5.51. The molecule has 0 spiro atoms. The minimum absolute atomic E-state index is 0. The maximum atomic E-state index is 11.9. The molecule has 0 saturated heterocycles. The lowest BCUT2D eigenvalue weighted by atomic mass is 10.1. The molecule has 90 valence electrons. The molecule has 4 nitrogen and oxygen atoms in total. The molecule has 4 rings (SSSR count). The van der Waals surface area contributed by atoms with Crippen LogP contribution in [0.1, 0.15) is 11.3 Å². The molecule has 5 heteroatoms. The van der Waals surface area contributed by atoms with Crippen LogP contribution in [0.2, 0.25) is 0 Å². The molecular formula is C13H10ClN3O. The Balaban J connectivity index is 0.000001000. The molecule has 0 unspecified atom stereocenters. The zero-order valence-corrected chi connectivity index (χ0v) is 10.2. The van der Waals surface area contributed by atoms with E-state index in [-0.39, 0.29) is 18.0 Å². The van der Waals surface area contributed by atoms with Crippen LogP contribution in [-0.2, 0) is 6.42 Å². The number of hydrogen-bond acceptors (Lipinski definition) is 2. The third-order valence-electron chi connectivity index (χ3n) is 3.31. The second-order valence-corrected chi connectivity index (χ2v) is 4.23. The van der Waals surface area contributed by atoms with Gasteiger partial charge >= 0.3 is 0 Å². The Kier molecular flexibility index (Phi) is 2.28. The molecule has 3 aromatic rings. The molecule has 0 aliphatic heterocycles. The van der Waals surface area contributed by atoms with Crippen LogP contribution in [0, 0.1) is 0 Å². The summed E-state index contributed by atoms with van der Waals surface area (Å²) in [4.78, 5) is 18.9. The van der Waals surface area contributed by atoms with Gasteiger partial charge in [-0.15, -0.1) is 12.4 Å². The van der Waals surface area contributed by atoms with Gasteiger partial charge in [0.1, 0.15) is 0 Å². The highest BCUT2D eigenvalue weighted by Crippen LogP contribution is 2.33. The van der Waals surface area contributed by atoms with Gasteiger partial charge in [0.2, 0.25) is 5.65 Å². The molecule has 18 heavy (non-hydrogen) atoms. The molecule has 1 aliphatic carbocycles. The number of benzene rings is 1. The Morgan fingerprint density at radius 1 is 1.28 bits per heavy atom. The van der Waals surface area contributed by atoms with Crippen molar-refractivity contribution in [1.82, 2.24) is 14.4 Å². The number of nitrogens with one attached hydrogen (secondary N) is 1. The number of H-pyrrole nitrogens is 1. The highest BCUT2D eigenvalue weighted by Gasteiger charge is 2.22. The Labute approximate surface area is 109 Å². The van der Waals surface area contributed by atoms with E-state index in [2.05, 4.69) is 16.0 Å². The van der Waals surface area contributed by atoms with E-state index in [4.69, 9.17) is 0 Å². The predicted molar refractivity (Wildman–Crippen MR) is 71.3 cm³/mol. The van der Waals surface area contributed by atoms with Crippen LogP contribution in [0.3, 0.4) is 0 Å². The summed E-state index contributed by atoms with van der Waals surface area (Å²) in [5.41, 5.74) is 4.74. The van der Waals surface area contributed by atoms with Gasteiger partial charge in [0, 0.05) is 24.4 Å². The van der Waals surface area contributed by atoms with Gasteiger partial charge in [-0.2, -0.15) is 0 Å². The van der Waals surface area contributed by atoms with E-state index in [9.17, 15) is 4.79 Å². The maximum Gasteiger partial charge on any atom is 0.292 e. The number of hydrogen-bond donors (Lipinski definition) is 1. The van der Waals surface area contributed by atoms with E-state index in [0.717, 1.165) is 23.4 Å². The van der Waals surface area contributed by atoms with E-state index in [0.29, 0.717) is 5.65 Å². The summed E-state index contributed by atoms with van der Waals surface area (Å²) in [6.45, 7) is 0. The van der Waals surface area contributed by atoms with E-state index in [1.165, 1.54) is 5.56 Å². The van der Waals surface area contributed by atoms with Gasteiger partial charge in [0.05, 0.1) is 11.4 Å². The summed E-state index contributed by atoms with van der Waals surface area (Å²) < 4.78 is 1.88. The molecule has 1 N–H and O–H groups in total. The molecule has 2 aromatic heterocycles.